The molecule has 0 saturated carbocycles. The van der Waals surface area contributed by atoms with Crippen LogP contribution in [0.1, 0.15) is 50.7 Å². The van der Waals surface area contributed by atoms with Gasteiger partial charge in [-0.05, 0) is 37.0 Å². The molecule has 1 aromatic rings. The fourth-order valence-corrected chi connectivity index (χ4v) is 2.12. The van der Waals surface area contributed by atoms with Crippen LogP contribution in [-0.4, -0.2) is 5.11 Å². The van der Waals surface area contributed by atoms with Crippen LogP contribution >= 0.6 is 0 Å². The van der Waals surface area contributed by atoms with E-state index < -0.39 is 5.60 Å². The van der Waals surface area contributed by atoms with Gasteiger partial charge in [0, 0.05) is 0 Å². The van der Waals surface area contributed by atoms with Gasteiger partial charge in [0.25, 0.3) is 0 Å². The average molecular weight is 224 g/mol. The van der Waals surface area contributed by atoms with E-state index in [-0.39, 0.29) is 5.82 Å². The topological polar surface area (TPSA) is 20.2 Å². The molecule has 0 radical (unpaired) electrons. The Morgan fingerprint density at radius 1 is 1.19 bits per heavy atom. The summed E-state index contributed by atoms with van der Waals surface area (Å²) in [6.45, 7) is 5.80. The summed E-state index contributed by atoms with van der Waals surface area (Å²) in [5, 5.41) is 10.5. The Morgan fingerprint density at radius 3 is 2.19 bits per heavy atom. The molecule has 0 fully saturated rings. The second-order valence-corrected chi connectivity index (χ2v) is 4.50. The normalized spacial score (nSPS) is 11.8. The summed E-state index contributed by atoms with van der Waals surface area (Å²) in [7, 11) is 0. The quantitative estimate of drug-likeness (QED) is 0.803. The lowest BCUT2D eigenvalue weighted by Gasteiger charge is -2.28. The number of hydrogen-bond donors (Lipinski definition) is 1. The Balaban J connectivity index is 3.05. The fourth-order valence-electron chi connectivity index (χ4n) is 2.12. The van der Waals surface area contributed by atoms with Gasteiger partial charge in [-0.25, -0.2) is 4.39 Å². The highest BCUT2D eigenvalue weighted by Gasteiger charge is 2.27. The minimum absolute atomic E-state index is 0.233. The molecule has 0 aliphatic rings. The lowest BCUT2D eigenvalue weighted by molar-refractivity contribution is 0.0167. The Bertz CT molecular complexity index is 341. The SMILES string of the molecule is CCCC(O)(CCC)c1ccc(C)c(F)c1. The van der Waals surface area contributed by atoms with Crippen LogP contribution in [0, 0.1) is 12.7 Å². The van der Waals surface area contributed by atoms with Gasteiger partial charge in [0.15, 0.2) is 0 Å². The number of rotatable bonds is 5. The third-order valence-electron chi connectivity index (χ3n) is 3.04. The second-order valence-electron chi connectivity index (χ2n) is 4.50. The van der Waals surface area contributed by atoms with Crippen molar-refractivity contribution in [2.75, 3.05) is 0 Å². The first-order valence-corrected chi connectivity index (χ1v) is 6.02. The minimum atomic E-state index is -0.863. The predicted molar refractivity (Wildman–Crippen MR) is 64.8 cm³/mol. The summed E-state index contributed by atoms with van der Waals surface area (Å²) >= 11 is 0. The average Bonchev–Trinajstić information content (AvgIpc) is 2.22. The molecule has 1 N–H and O–H groups in total. The number of aryl methyl sites for hydroxylation is 1. The lowest BCUT2D eigenvalue weighted by atomic mass is 9.85. The van der Waals surface area contributed by atoms with Gasteiger partial charge in [0.05, 0.1) is 5.60 Å². The molecular formula is C14H21FO. The Morgan fingerprint density at radius 2 is 1.75 bits per heavy atom. The largest absolute Gasteiger partial charge is 0.385 e. The molecule has 2 heteroatoms. The molecule has 0 bridgehead atoms. The highest BCUT2D eigenvalue weighted by molar-refractivity contribution is 5.28. The van der Waals surface area contributed by atoms with E-state index >= 15 is 0 Å². The van der Waals surface area contributed by atoms with Crippen molar-refractivity contribution < 1.29 is 9.50 Å². The monoisotopic (exact) mass is 224 g/mol. The van der Waals surface area contributed by atoms with Crippen LogP contribution in [0.4, 0.5) is 4.39 Å². The van der Waals surface area contributed by atoms with Gasteiger partial charge in [-0.15, -0.1) is 0 Å². The van der Waals surface area contributed by atoms with Gasteiger partial charge < -0.3 is 5.11 Å². The molecule has 1 aromatic carbocycles. The maximum absolute atomic E-state index is 13.5. The Kier molecular flexibility index (Phi) is 4.48. The van der Waals surface area contributed by atoms with E-state index in [4.69, 9.17) is 0 Å². The Hall–Kier alpha value is -0.890. The zero-order valence-electron chi connectivity index (χ0n) is 10.4. The molecule has 0 atom stereocenters. The van der Waals surface area contributed by atoms with Crippen LogP contribution in [0.25, 0.3) is 0 Å². The first-order valence-electron chi connectivity index (χ1n) is 6.02. The maximum Gasteiger partial charge on any atom is 0.126 e. The predicted octanol–water partition coefficient (Wildman–Crippen LogP) is 3.92. The van der Waals surface area contributed by atoms with Gasteiger partial charge >= 0.3 is 0 Å². The summed E-state index contributed by atoms with van der Waals surface area (Å²) in [4.78, 5) is 0. The summed E-state index contributed by atoms with van der Waals surface area (Å²) in [6, 6.07) is 5.05. The molecule has 0 amide bonds. The van der Waals surface area contributed by atoms with Crippen molar-refractivity contribution in [2.45, 2.75) is 52.1 Å². The van der Waals surface area contributed by atoms with Gasteiger partial charge in [0.2, 0.25) is 0 Å². The zero-order valence-corrected chi connectivity index (χ0v) is 10.4. The van der Waals surface area contributed by atoms with Gasteiger partial charge in [-0.3, -0.25) is 0 Å². The van der Waals surface area contributed by atoms with Crippen LogP contribution in [0.2, 0.25) is 0 Å². The van der Waals surface area contributed by atoms with E-state index in [1.54, 1.807) is 13.0 Å². The number of hydrogen-bond acceptors (Lipinski definition) is 1. The van der Waals surface area contributed by atoms with Crippen molar-refractivity contribution in [1.29, 1.82) is 0 Å². The fraction of sp³-hybridized carbons (Fsp3) is 0.571. The van der Waals surface area contributed by atoms with Crippen molar-refractivity contribution in [1.82, 2.24) is 0 Å². The highest BCUT2D eigenvalue weighted by atomic mass is 19.1. The smallest absolute Gasteiger partial charge is 0.126 e. The first-order chi connectivity index (χ1) is 7.53. The van der Waals surface area contributed by atoms with Crippen LogP contribution in [-0.2, 0) is 5.60 Å². The van der Waals surface area contributed by atoms with Gasteiger partial charge in [-0.2, -0.15) is 0 Å². The summed E-state index contributed by atoms with van der Waals surface area (Å²) in [5.41, 5.74) is 0.469. The van der Waals surface area contributed by atoms with Crippen LogP contribution in [0.3, 0.4) is 0 Å². The van der Waals surface area contributed by atoms with Crippen molar-refractivity contribution >= 4 is 0 Å². The molecule has 0 aromatic heterocycles. The van der Waals surface area contributed by atoms with Crippen LogP contribution < -0.4 is 0 Å². The standard InChI is InChI=1S/C14H21FO/c1-4-8-14(16,9-5-2)12-7-6-11(3)13(15)10-12/h6-7,10,16H,4-5,8-9H2,1-3H3. The van der Waals surface area contributed by atoms with Crippen molar-refractivity contribution in [2.24, 2.45) is 0 Å². The highest BCUT2D eigenvalue weighted by Crippen LogP contribution is 2.32. The number of aliphatic hydroxyl groups is 1. The molecule has 90 valence electrons. The number of benzene rings is 1. The van der Waals surface area contributed by atoms with E-state index in [1.165, 1.54) is 6.07 Å². The molecule has 0 saturated heterocycles. The lowest BCUT2D eigenvalue weighted by Crippen LogP contribution is -2.25. The molecule has 0 aliphatic heterocycles. The van der Waals surface area contributed by atoms with Crippen LogP contribution in [0.15, 0.2) is 18.2 Å². The molecule has 0 heterocycles. The summed E-state index contributed by atoms with van der Waals surface area (Å²) in [6.07, 6.45) is 3.16. The third-order valence-corrected chi connectivity index (χ3v) is 3.04. The van der Waals surface area contributed by atoms with Crippen molar-refractivity contribution in [3.63, 3.8) is 0 Å². The molecule has 0 spiro atoms. The van der Waals surface area contributed by atoms with E-state index in [1.807, 2.05) is 19.9 Å². The third kappa shape index (κ3) is 2.82. The molecule has 16 heavy (non-hydrogen) atoms. The minimum Gasteiger partial charge on any atom is -0.385 e. The number of halogens is 1. The summed E-state index contributed by atoms with van der Waals surface area (Å²) in [5.74, 6) is -0.233. The molecular weight excluding hydrogens is 203 g/mol. The molecule has 1 rings (SSSR count). The zero-order chi connectivity index (χ0) is 12.2. The second kappa shape index (κ2) is 5.44. The van der Waals surface area contributed by atoms with Gasteiger partial charge in [-0.1, -0.05) is 38.8 Å². The van der Waals surface area contributed by atoms with Crippen LogP contribution in [0.5, 0.6) is 0 Å². The molecule has 0 unspecified atom stereocenters. The maximum atomic E-state index is 13.5. The van der Waals surface area contributed by atoms with E-state index in [2.05, 4.69) is 0 Å². The van der Waals surface area contributed by atoms with Crippen molar-refractivity contribution in [3.8, 4) is 0 Å². The van der Waals surface area contributed by atoms with E-state index in [0.717, 1.165) is 12.8 Å². The Labute approximate surface area is 97.3 Å². The summed E-state index contributed by atoms with van der Waals surface area (Å²) < 4.78 is 13.5. The first kappa shape index (κ1) is 13.2. The van der Waals surface area contributed by atoms with E-state index in [0.29, 0.717) is 24.0 Å². The van der Waals surface area contributed by atoms with Gasteiger partial charge in [0.1, 0.15) is 5.82 Å². The van der Waals surface area contributed by atoms with E-state index in [9.17, 15) is 9.50 Å². The molecule has 1 nitrogen and oxygen atoms in total. The van der Waals surface area contributed by atoms with Crippen molar-refractivity contribution in [3.05, 3.63) is 35.1 Å². The molecule has 0 aliphatic carbocycles.